The van der Waals surface area contributed by atoms with Crippen LogP contribution in [0.2, 0.25) is 0 Å². The fraction of sp³-hybridized carbons (Fsp3) is 0.273. The first-order valence-electron chi connectivity index (χ1n) is 9.86. The highest BCUT2D eigenvalue weighted by Gasteiger charge is 2.22. The summed E-state index contributed by atoms with van der Waals surface area (Å²) < 4.78 is 20.2. The lowest BCUT2D eigenvalue weighted by atomic mass is 9.99. The summed E-state index contributed by atoms with van der Waals surface area (Å²) in [6, 6.07) is 6.08. The van der Waals surface area contributed by atoms with E-state index in [1.807, 2.05) is 6.92 Å². The second-order valence-electron chi connectivity index (χ2n) is 7.00. The van der Waals surface area contributed by atoms with Gasteiger partial charge in [-0.15, -0.1) is 0 Å². The van der Waals surface area contributed by atoms with Gasteiger partial charge in [-0.3, -0.25) is 9.98 Å². The summed E-state index contributed by atoms with van der Waals surface area (Å²) >= 11 is 0. The zero-order valence-electron chi connectivity index (χ0n) is 17.8. The van der Waals surface area contributed by atoms with Gasteiger partial charge in [0.1, 0.15) is 11.9 Å². The quantitative estimate of drug-likeness (QED) is 0.478. The van der Waals surface area contributed by atoms with Crippen molar-refractivity contribution in [3.8, 4) is 5.75 Å². The largest absolute Gasteiger partial charge is 0.482 e. The van der Waals surface area contributed by atoms with E-state index in [2.05, 4.69) is 20.0 Å². The molecule has 0 unspecified atom stereocenters. The summed E-state index contributed by atoms with van der Waals surface area (Å²) in [6.45, 7) is 6.22. The van der Waals surface area contributed by atoms with Crippen LogP contribution in [0.4, 0.5) is 10.2 Å². The molecule has 9 heteroatoms. The van der Waals surface area contributed by atoms with Crippen LogP contribution in [0.25, 0.3) is 0 Å². The first-order chi connectivity index (χ1) is 14.8. The lowest BCUT2D eigenvalue weighted by Crippen LogP contribution is -2.18. The number of fused-ring (bicyclic) bond motifs is 3. The minimum Gasteiger partial charge on any atom is -0.482 e. The number of allylic oxidation sites excluding steroid dienone is 1. The van der Waals surface area contributed by atoms with Crippen LogP contribution < -0.4 is 21.9 Å². The van der Waals surface area contributed by atoms with Gasteiger partial charge in [-0.2, -0.15) is 0 Å². The molecule has 1 atom stereocenters. The molecule has 2 bridgehead atoms. The molecular weight excluding hydrogens is 397 g/mol. The van der Waals surface area contributed by atoms with Gasteiger partial charge in [0.15, 0.2) is 17.4 Å². The molecule has 2 aromatic rings. The Bertz CT molecular complexity index is 1100. The number of nitrogens with two attached hydrogens (primary N) is 3. The predicted octanol–water partition coefficient (Wildman–Crippen LogP) is 2.73. The summed E-state index contributed by atoms with van der Waals surface area (Å²) in [6.07, 6.45) is 2.19. The maximum absolute atomic E-state index is 14.1. The molecule has 8 nitrogen and oxygen atoms in total. The lowest BCUT2D eigenvalue weighted by molar-refractivity contribution is 0.227. The third-order valence-electron chi connectivity index (χ3n) is 4.81. The number of amidine groups is 1. The number of rotatable bonds is 1. The third-order valence-corrected chi connectivity index (χ3v) is 4.81. The van der Waals surface area contributed by atoms with E-state index in [1.165, 1.54) is 12.1 Å². The zero-order valence-corrected chi connectivity index (χ0v) is 17.8. The molecular formula is C22H26FN7O. The van der Waals surface area contributed by atoms with E-state index in [9.17, 15) is 4.39 Å². The Morgan fingerprint density at radius 1 is 1.35 bits per heavy atom. The van der Waals surface area contributed by atoms with Crippen LogP contribution >= 0.6 is 0 Å². The van der Waals surface area contributed by atoms with E-state index >= 15 is 0 Å². The van der Waals surface area contributed by atoms with Crippen LogP contribution in [0, 0.1) is 5.82 Å². The van der Waals surface area contributed by atoms with Crippen molar-refractivity contribution in [1.29, 1.82) is 0 Å². The first-order valence-corrected chi connectivity index (χ1v) is 9.86. The molecule has 2 heterocycles. The number of aromatic nitrogens is 1. The Morgan fingerprint density at radius 2 is 2.13 bits per heavy atom. The molecule has 1 aromatic carbocycles. The smallest absolute Gasteiger partial charge is 0.166 e. The lowest BCUT2D eigenvalue weighted by Gasteiger charge is -2.21. The number of benzene rings is 1. The summed E-state index contributed by atoms with van der Waals surface area (Å²) in [5.41, 5.74) is 21.6. The van der Waals surface area contributed by atoms with Crippen molar-refractivity contribution >= 4 is 23.7 Å². The van der Waals surface area contributed by atoms with Crippen LogP contribution in [-0.4, -0.2) is 36.0 Å². The van der Waals surface area contributed by atoms with Gasteiger partial charge >= 0.3 is 0 Å². The number of anilines is 1. The maximum atomic E-state index is 14.1. The molecule has 1 aliphatic heterocycles. The molecule has 31 heavy (non-hydrogen) atoms. The fourth-order valence-electron chi connectivity index (χ4n) is 3.33. The van der Waals surface area contributed by atoms with E-state index in [-0.39, 0.29) is 12.4 Å². The fourth-order valence-corrected chi connectivity index (χ4v) is 3.33. The third kappa shape index (κ3) is 4.71. The van der Waals surface area contributed by atoms with Gasteiger partial charge in [-0.25, -0.2) is 14.4 Å². The van der Waals surface area contributed by atoms with Crippen molar-refractivity contribution < 1.29 is 9.13 Å². The van der Waals surface area contributed by atoms with Crippen LogP contribution in [0.5, 0.6) is 5.75 Å². The van der Waals surface area contributed by atoms with Crippen molar-refractivity contribution in [2.24, 2.45) is 26.4 Å². The number of hydrogen-bond acceptors (Lipinski definition) is 7. The van der Waals surface area contributed by atoms with E-state index < -0.39 is 11.9 Å². The maximum Gasteiger partial charge on any atom is 0.166 e. The summed E-state index contributed by atoms with van der Waals surface area (Å²) in [7, 11) is 0. The van der Waals surface area contributed by atoms with Crippen LogP contribution in [-0.2, 0) is 0 Å². The predicted molar refractivity (Wildman–Crippen MR) is 122 cm³/mol. The van der Waals surface area contributed by atoms with Gasteiger partial charge in [0.05, 0.1) is 18.6 Å². The van der Waals surface area contributed by atoms with Gasteiger partial charge in [0.25, 0.3) is 0 Å². The molecule has 3 rings (SSSR count). The Morgan fingerprint density at radius 3 is 2.81 bits per heavy atom. The number of aliphatic imine (C=N–C) groups is 3. The van der Waals surface area contributed by atoms with Crippen molar-refractivity contribution in [3.05, 3.63) is 64.2 Å². The molecule has 0 radical (unpaired) electrons. The van der Waals surface area contributed by atoms with Crippen molar-refractivity contribution in [2.75, 3.05) is 18.8 Å². The molecule has 162 valence electrons. The van der Waals surface area contributed by atoms with Gasteiger partial charge in [0, 0.05) is 40.7 Å². The Labute approximate surface area is 180 Å². The molecule has 6 N–H and O–H groups in total. The minimum atomic E-state index is -0.569. The number of nitrogens with zero attached hydrogens (tertiary/aromatic N) is 4. The minimum absolute atomic E-state index is 0.194. The normalized spacial score (nSPS) is 19.8. The monoisotopic (exact) mass is 423 g/mol. The van der Waals surface area contributed by atoms with Crippen LogP contribution in [0.15, 0.2) is 56.7 Å². The molecule has 1 aliphatic rings. The highest BCUT2D eigenvalue weighted by Crippen LogP contribution is 2.31. The summed E-state index contributed by atoms with van der Waals surface area (Å²) in [4.78, 5) is 17.7. The highest BCUT2D eigenvalue weighted by atomic mass is 19.1. The van der Waals surface area contributed by atoms with Gasteiger partial charge in [-0.1, -0.05) is 0 Å². The molecule has 0 saturated carbocycles. The summed E-state index contributed by atoms with van der Waals surface area (Å²) in [5.74, 6) is 0.496. The topological polar surface area (TPSA) is 137 Å². The van der Waals surface area contributed by atoms with Crippen molar-refractivity contribution in [2.45, 2.75) is 26.9 Å². The average molecular weight is 423 g/mol. The van der Waals surface area contributed by atoms with E-state index in [4.69, 9.17) is 21.9 Å². The van der Waals surface area contributed by atoms with Crippen LogP contribution in [0.3, 0.4) is 0 Å². The highest BCUT2D eigenvalue weighted by molar-refractivity contribution is 6.14. The number of hydrogen-bond donors (Lipinski definition) is 3. The second kappa shape index (κ2) is 9.38. The van der Waals surface area contributed by atoms with Gasteiger partial charge < -0.3 is 21.9 Å². The van der Waals surface area contributed by atoms with Gasteiger partial charge in [-0.05, 0) is 45.0 Å². The number of ether oxygens (including phenoxy) is 1. The van der Waals surface area contributed by atoms with Gasteiger partial charge in [0.2, 0.25) is 0 Å². The molecule has 0 fully saturated rings. The van der Waals surface area contributed by atoms with E-state index in [0.717, 1.165) is 6.34 Å². The van der Waals surface area contributed by atoms with E-state index in [0.29, 0.717) is 51.8 Å². The Kier molecular flexibility index (Phi) is 6.64. The molecule has 0 amide bonds. The SMILES string of the molecule is CCN=C1C(=C(C)N)CN=C(N=CN)c2ccc(F)cc2[C@@H](C)Oc2cc1cnc2N. The Hall–Kier alpha value is -3.75. The average Bonchev–Trinajstić information content (AvgIpc) is 2.73. The van der Waals surface area contributed by atoms with Crippen molar-refractivity contribution in [1.82, 2.24) is 4.98 Å². The number of halogens is 1. The Balaban J connectivity index is 2.33. The second-order valence-corrected chi connectivity index (χ2v) is 7.00. The standard InChI is InChI=1S/C22H26FN7O/c1-4-27-20-14-7-19(21(26)28-9-14)31-13(3)17-8-15(23)5-6-16(17)22(30-11-24)29-10-18(20)12(2)25/h5-9,11,13H,4,10,25H2,1-3H3,(H2,26,28)(H2,24,29,30)/t13-/m1/s1. The van der Waals surface area contributed by atoms with Crippen molar-refractivity contribution in [3.63, 3.8) is 0 Å². The first kappa shape index (κ1) is 21.9. The molecule has 0 saturated heterocycles. The summed E-state index contributed by atoms with van der Waals surface area (Å²) in [5, 5.41) is 0. The number of nitrogen functional groups attached to an aromatic ring is 1. The van der Waals surface area contributed by atoms with E-state index in [1.54, 1.807) is 32.2 Å². The molecule has 0 spiro atoms. The van der Waals surface area contributed by atoms with Crippen LogP contribution in [0.1, 0.15) is 43.6 Å². The zero-order chi connectivity index (χ0) is 22.5. The molecule has 0 aliphatic carbocycles. The molecule has 1 aromatic heterocycles. The number of pyridine rings is 1.